The van der Waals surface area contributed by atoms with Gasteiger partial charge in [0.05, 0.1) is 30.6 Å². The maximum absolute atomic E-state index is 13.0. The van der Waals surface area contributed by atoms with E-state index in [2.05, 4.69) is 4.57 Å². The highest BCUT2D eigenvalue weighted by molar-refractivity contribution is 6.00. The average Bonchev–Trinajstić information content (AvgIpc) is 3.05. The van der Waals surface area contributed by atoms with Gasteiger partial charge in [0, 0.05) is 23.0 Å². The van der Waals surface area contributed by atoms with Gasteiger partial charge in [-0.1, -0.05) is 25.3 Å². The molecule has 1 aromatic heterocycles. The molecule has 3 aliphatic rings. The van der Waals surface area contributed by atoms with Gasteiger partial charge in [-0.3, -0.25) is 0 Å². The van der Waals surface area contributed by atoms with Crippen LogP contribution in [0.2, 0.25) is 0 Å². The minimum atomic E-state index is -0.933. The molecular weight excluding hydrogens is 454 g/mol. The zero-order valence-electron chi connectivity index (χ0n) is 21.6. The summed E-state index contributed by atoms with van der Waals surface area (Å²) >= 11 is 0. The summed E-state index contributed by atoms with van der Waals surface area (Å²) < 4.78 is 13.3. The van der Waals surface area contributed by atoms with Gasteiger partial charge in [0.15, 0.2) is 0 Å². The molecule has 2 aliphatic carbocycles. The topological polar surface area (TPSA) is 77.8 Å². The first-order chi connectivity index (χ1) is 17.2. The van der Waals surface area contributed by atoms with Crippen molar-refractivity contribution >= 4 is 28.4 Å². The number of methoxy groups -OCH3 is 1. The van der Waals surface area contributed by atoms with Crippen molar-refractivity contribution < 1.29 is 24.2 Å². The summed E-state index contributed by atoms with van der Waals surface area (Å²) in [5.74, 6) is -0.0208. The molecule has 1 fully saturated rings. The van der Waals surface area contributed by atoms with Crippen molar-refractivity contribution in [2.75, 3.05) is 7.11 Å². The lowest BCUT2D eigenvalue weighted by atomic mass is 9.80. The van der Waals surface area contributed by atoms with Gasteiger partial charge in [-0.25, -0.2) is 9.59 Å². The molecule has 0 radical (unpaired) electrons. The fraction of sp³-hybridized carbons (Fsp3) is 0.467. The minimum absolute atomic E-state index is 0.245. The lowest BCUT2D eigenvalue weighted by Crippen LogP contribution is -2.23. The van der Waals surface area contributed by atoms with E-state index in [1.807, 2.05) is 45.0 Å². The Morgan fingerprint density at radius 1 is 1.06 bits per heavy atom. The maximum Gasteiger partial charge on any atom is 0.338 e. The van der Waals surface area contributed by atoms with Crippen LogP contribution >= 0.6 is 0 Å². The average molecular weight is 490 g/mol. The molecule has 0 amide bonds. The van der Waals surface area contributed by atoms with Crippen molar-refractivity contribution in [2.45, 2.75) is 83.8 Å². The molecule has 0 unspecified atom stereocenters. The first kappa shape index (κ1) is 24.4. The number of esters is 1. The van der Waals surface area contributed by atoms with Crippen LogP contribution < -0.4 is 0 Å². The fourth-order valence-electron chi connectivity index (χ4n) is 5.94. The van der Waals surface area contributed by atoms with Crippen LogP contribution in [-0.4, -0.2) is 34.3 Å². The molecule has 0 spiro atoms. The van der Waals surface area contributed by atoms with Gasteiger partial charge in [-0.2, -0.15) is 0 Å². The molecule has 1 aromatic carbocycles. The summed E-state index contributed by atoms with van der Waals surface area (Å²) in [5.41, 5.74) is 5.64. The van der Waals surface area contributed by atoms with E-state index in [1.54, 1.807) is 13.2 Å². The zero-order valence-corrected chi connectivity index (χ0v) is 21.6. The number of carbonyl (C=O) groups excluding carboxylic acids is 1. The van der Waals surface area contributed by atoms with E-state index in [0.29, 0.717) is 17.1 Å². The predicted molar refractivity (Wildman–Crippen MR) is 140 cm³/mol. The molecular formula is C30H35NO5. The summed E-state index contributed by atoms with van der Waals surface area (Å²) in [6.45, 7) is 5.82. The normalized spacial score (nSPS) is 18.7. The van der Waals surface area contributed by atoms with E-state index in [-0.39, 0.29) is 12.5 Å². The molecule has 5 rings (SSSR count). The molecule has 1 aliphatic heterocycles. The molecule has 2 aromatic rings. The van der Waals surface area contributed by atoms with Crippen molar-refractivity contribution in [2.24, 2.45) is 0 Å². The van der Waals surface area contributed by atoms with E-state index < -0.39 is 11.6 Å². The van der Waals surface area contributed by atoms with Crippen LogP contribution in [0.4, 0.5) is 0 Å². The van der Waals surface area contributed by atoms with Gasteiger partial charge in [0.25, 0.3) is 0 Å². The number of hydrogen-bond acceptors (Lipinski definition) is 4. The third-order valence-electron chi connectivity index (χ3n) is 7.52. The molecule has 36 heavy (non-hydrogen) atoms. The Balaban J connectivity index is 1.77. The van der Waals surface area contributed by atoms with Crippen LogP contribution in [0, 0.1) is 0 Å². The summed E-state index contributed by atoms with van der Waals surface area (Å²) in [6.07, 6.45) is 11.3. The largest absolute Gasteiger partial charge is 0.501 e. The van der Waals surface area contributed by atoms with Gasteiger partial charge < -0.3 is 19.1 Å². The zero-order chi connectivity index (χ0) is 25.6. The van der Waals surface area contributed by atoms with Crippen molar-refractivity contribution in [3.8, 4) is 0 Å². The second-order valence-corrected chi connectivity index (χ2v) is 11.1. The van der Waals surface area contributed by atoms with E-state index in [0.717, 1.165) is 53.6 Å². The first-order valence-corrected chi connectivity index (χ1v) is 13.0. The van der Waals surface area contributed by atoms with Crippen LogP contribution in [0.3, 0.4) is 0 Å². The molecule has 6 heteroatoms. The first-order valence-electron chi connectivity index (χ1n) is 13.0. The van der Waals surface area contributed by atoms with Gasteiger partial charge in [-0.05, 0) is 86.9 Å². The molecule has 6 nitrogen and oxygen atoms in total. The number of aliphatic carboxylic acids is 1. The maximum atomic E-state index is 13.0. The number of hydrogen-bond donors (Lipinski definition) is 1. The number of carboxylic acids is 1. The highest BCUT2D eigenvalue weighted by Gasteiger charge is 2.32. The monoisotopic (exact) mass is 489 g/mol. The van der Waals surface area contributed by atoms with Crippen LogP contribution in [-0.2, 0) is 20.8 Å². The Morgan fingerprint density at radius 2 is 1.81 bits per heavy atom. The molecule has 190 valence electrons. The van der Waals surface area contributed by atoms with Crippen LogP contribution in [0.1, 0.15) is 93.3 Å². The Labute approximate surface area is 212 Å². The third kappa shape index (κ3) is 4.49. The highest BCUT2D eigenvalue weighted by Crippen LogP contribution is 2.47. The summed E-state index contributed by atoms with van der Waals surface area (Å²) in [6, 6.07) is 5.79. The number of nitrogens with zero attached hydrogens (tertiary/aromatic N) is 1. The molecule has 2 heterocycles. The molecule has 1 saturated carbocycles. The Bertz CT molecular complexity index is 1330. The van der Waals surface area contributed by atoms with Gasteiger partial charge in [-0.15, -0.1) is 0 Å². The Hall–Kier alpha value is -3.28. The van der Waals surface area contributed by atoms with E-state index in [9.17, 15) is 14.7 Å². The Morgan fingerprint density at radius 3 is 2.47 bits per heavy atom. The van der Waals surface area contributed by atoms with Crippen molar-refractivity contribution in [1.82, 2.24) is 4.57 Å². The van der Waals surface area contributed by atoms with Crippen molar-refractivity contribution in [3.05, 3.63) is 64.1 Å². The lowest BCUT2D eigenvalue weighted by molar-refractivity contribution is -0.132. The summed E-state index contributed by atoms with van der Waals surface area (Å²) in [4.78, 5) is 25.2. The quantitative estimate of drug-likeness (QED) is 0.481. The van der Waals surface area contributed by atoms with Gasteiger partial charge >= 0.3 is 11.9 Å². The van der Waals surface area contributed by atoms with Crippen molar-refractivity contribution in [1.29, 1.82) is 0 Å². The van der Waals surface area contributed by atoms with E-state index in [4.69, 9.17) is 9.47 Å². The Kier molecular flexibility index (Phi) is 6.31. The van der Waals surface area contributed by atoms with Gasteiger partial charge in [0.2, 0.25) is 0 Å². The minimum Gasteiger partial charge on any atom is -0.501 e. The molecule has 0 saturated heterocycles. The SMILES string of the molecule is COC1=CC2=C(CC1)c1c(C3CCCCC3)c3ccc(C(=O)OC(C)(C)C)cc3n1CC(C(=O)O)=C2. The highest BCUT2D eigenvalue weighted by atomic mass is 16.6. The summed E-state index contributed by atoms with van der Waals surface area (Å²) in [7, 11) is 1.67. The molecule has 0 atom stereocenters. The number of allylic oxidation sites excluding steroid dienone is 5. The lowest BCUT2D eigenvalue weighted by Gasteiger charge is -2.25. The second kappa shape index (κ2) is 9.30. The fourth-order valence-corrected chi connectivity index (χ4v) is 5.94. The summed E-state index contributed by atoms with van der Waals surface area (Å²) in [5, 5.41) is 11.2. The third-order valence-corrected chi connectivity index (χ3v) is 7.52. The number of carboxylic acid groups (broad SMARTS) is 1. The number of aromatic nitrogens is 1. The van der Waals surface area contributed by atoms with Crippen LogP contribution in [0.15, 0.2) is 47.3 Å². The predicted octanol–water partition coefficient (Wildman–Crippen LogP) is 6.75. The van der Waals surface area contributed by atoms with E-state index >= 15 is 0 Å². The molecule has 0 bridgehead atoms. The molecule has 1 N–H and O–H groups in total. The second-order valence-electron chi connectivity index (χ2n) is 11.1. The number of rotatable bonds is 4. The number of ether oxygens (including phenoxy) is 2. The number of fused-ring (bicyclic) bond motifs is 4. The van der Waals surface area contributed by atoms with Crippen molar-refractivity contribution in [3.63, 3.8) is 0 Å². The smallest absolute Gasteiger partial charge is 0.338 e. The standard InChI is InChI=1S/C30H35NO5/c1-30(2,3)36-29(34)19-10-12-24-25(16-19)31-17-21(28(32)33)14-20-15-22(35-4)11-13-23(20)27(31)26(24)18-8-6-5-7-9-18/h10,12,14-16,18H,5-9,11,13,17H2,1-4H3,(H,32,33). The number of benzene rings is 1. The number of carbonyl (C=O) groups is 2. The van der Waals surface area contributed by atoms with Crippen LogP contribution in [0.5, 0.6) is 0 Å². The van der Waals surface area contributed by atoms with E-state index in [1.165, 1.54) is 30.4 Å². The van der Waals surface area contributed by atoms with Crippen LogP contribution in [0.25, 0.3) is 16.5 Å². The van der Waals surface area contributed by atoms with Gasteiger partial charge in [0.1, 0.15) is 5.60 Å².